The molecule has 106 valence electrons. The third-order valence-corrected chi connectivity index (χ3v) is 5.50. The predicted molar refractivity (Wildman–Crippen MR) is 77.7 cm³/mol. The molecule has 0 heterocycles. The van der Waals surface area contributed by atoms with Crippen LogP contribution in [0.25, 0.3) is 0 Å². The molecular formula is C17H32O. The summed E-state index contributed by atoms with van der Waals surface area (Å²) in [4.78, 5) is 0. The highest BCUT2D eigenvalue weighted by atomic mass is 16.3. The van der Waals surface area contributed by atoms with Gasteiger partial charge >= 0.3 is 0 Å². The van der Waals surface area contributed by atoms with Crippen LogP contribution < -0.4 is 0 Å². The maximum atomic E-state index is 10.4. The Morgan fingerprint density at radius 1 is 0.833 bits per heavy atom. The van der Waals surface area contributed by atoms with E-state index in [1.807, 2.05) is 0 Å². The molecular weight excluding hydrogens is 220 g/mol. The molecule has 2 atom stereocenters. The zero-order chi connectivity index (χ0) is 12.9. The molecule has 0 bridgehead atoms. The van der Waals surface area contributed by atoms with Crippen LogP contribution in [0.3, 0.4) is 0 Å². The molecule has 1 N–H and O–H groups in total. The van der Waals surface area contributed by atoms with Crippen LogP contribution in [-0.2, 0) is 0 Å². The Bertz CT molecular complexity index is 246. The molecule has 1 nitrogen and oxygen atoms in total. The van der Waals surface area contributed by atoms with E-state index in [9.17, 15) is 5.11 Å². The first-order valence-corrected chi connectivity index (χ1v) is 8.45. The standard InChI is InChI=1S/C17H32O/c1-2-3-4-5-6-7-8-9-12-16-13-10-11-14-17(16,18)15-16/h18H,2-15H2,1H3/t16-,17-/m0/s1. The summed E-state index contributed by atoms with van der Waals surface area (Å²) in [6.07, 6.45) is 18.7. The minimum Gasteiger partial charge on any atom is -0.389 e. The van der Waals surface area contributed by atoms with Gasteiger partial charge in [-0.25, -0.2) is 0 Å². The van der Waals surface area contributed by atoms with Crippen molar-refractivity contribution in [2.24, 2.45) is 5.41 Å². The molecule has 0 unspecified atom stereocenters. The molecule has 2 aliphatic carbocycles. The van der Waals surface area contributed by atoms with Gasteiger partial charge in [0.15, 0.2) is 0 Å². The van der Waals surface area contributed by atoms with Gasteiger partial charge in [0.1, 0.15) is 0 Å². The second kappa shape index (κ2) is 6.41. The van der Waals surface area contributed by atoms with Crippen LogP contribution in [0.15, 0.2) is 0 Å². The second-order valence-electron chi connectivity index (χ2n) is 6.92. The Morgan fingerprint density at radius 3 is 2.11 bits per heavy atom. The lowest BCUT2D eigenvalue weighted by atomic mass is 9.82. The van der Waals surface area contributed by atoms with E-state index in [1.165, 1.54) is 77.0 Å². The summed E-state index contributed by atoms with van der Waals surface area (Å²) >= 11 is 0. The fraction of sp³-hybridized carbons (Fsp3) is 1.00. The monoisotopic (exact) mass is 252 g/mol. The van der Waals surface area contributed by atoms with E-state index in [-0.39, 0.29) is 5.60 Å². The van der Waals surface area contributed by atoms with Crippen molar-refractivity contribution in [2.45, 2.75) is 102 Å². The van der Waals surface area contributed by atoms with Gasteiger partial charge in [0.05, 0.1) is 5.60 Å². The highest BCUT2D eigenvalue weighted by molar-refractivity contribution is 5.17. The van der Waals surface area contributed by atoms with Crippen molar-refractivity contribution in [3.05, 3.63) is 0 Å². The van der Waals surface area contributed by atoms with Gasteiger partial charge in [-0.15, -0.1) is 0 Å². The van der Waals surface area contributed by atoms with Crippen molar-refractivity contribution >= 4 is 0 Å². The first-order chi connectivity index (χ1) is 8.72. The smallest absolute Gasteiger partial charge is 0.0711 e. The molecule has 0 saturated heterocycles. The molecule has 2 saturated carbocycles. The van der Waals surface area contributed by atoms with Gasteiger partial charge in [-0.1, -0.05) is 71.1 Å². The van der Waals surface area contributed by atoms with Gasteiger partial charge in [0, 0.05) is 5.41 Å². The van der Waals surface area contributed by atoms with Gasteiger partial charge in [-0.05, 0) is 25.7 Å². The molecule has 0 aliphatic heterocycles. The number of rotatable bonds is 9. The molecule has 0 radical (unpaired) electrons. The van der Waals surface area contributed by atoms with E-state index in [2.05, 4.69) is 6.92 Å². The lowest BCUT2D eigenvalue weighted by Crippen LogP contribution is -2.24. The van der Waals surface area contributed by atoms with E-state index in [0.717, 1.165) is 12.8 Å². The summed E-state index contributed by atoms with van der Waals surface area (Å²) in [6, 6.07) is 0. The first-order valence-electron chi connectivity index (χ1n) is 8.45. The average Bonchev–Trinajstić information content (AvgIpc) is 2.99. The molecule has 2 fully saturated rings. The van der Waals surface area contributed by atoms with Crippen molar-refractivity contribution in [3.63, 3.8) is 0 Å². The van der Waals surface area contributed by atoms with Crippen molar-refractivity contribution in [1.29, 1.82) is 0 Å². The number of aliphatic hydroxyl groups is 1. The van der Waals surface area contributed by atoms with Crippen LogP contribution >= 0.6 is 0 Å². The summed E-state index contributed by atoms with van der Waals surface area (Å²) in [7, 11) is 0. The molecule has 18 heavy (non-hydrogen) atoms. The predicted octanol–water partition coefficient (Wildman–Crippen LogP) is 5.21. The fourth-order valence-corrected chi connectivity index (χ4v) is 4.11. The third-order valence-electron chi connectivity index (χ3n) is 5.50. The molecule has 0 amide bonds. The zero-order valence-corrected chi connectivity index (χ0v) is 12.3. The Balaban J connectivity index is 1.49. The maximum absolute atomic E-state index is 10.4. The van der Waals surface area contributed by atoms with Crippen molar-refractivity contribution < 1.29 is 5.11 Å². The molecule has 0 aromatic rings. The maximum Gasteiger partial charge on any atom is 0.0711 e. The van der Waals surface area contributed by atoms with Crippen LogP contribution in [0, 0.1) is 5.41 Å². The number of fused-ring (bicyclic) bond motifs is 1. The van der Waals surface area contributed by atoms with Crippen LogP contribution in [-0.4, -0.2) is 10.7 Å². The van der Waals surface area contributed by atoms with E-state index >= 15 is 0 Å². The number of unbranched alkanes of at least 4 members (excludes halogenated alkanes) is 7. The lowest BCUT2D eigenvalue weighted by molar-refractivity contribution is 0.0577. The Hall–Kier alpha value is -0.0400. The number of hydrogen-bond donors (Lipinski definition) is 1. The van der Waals surface area contributed by atoms with Gasteiger partial charge in [-0.3, -0.25) is 0 Å². The van der Waals surface area contributed by atoms with Gasteiger partial charge in [0.25, 0.3) is 0 Å². The topological polar surface area (TPSA) is 20.2 Å². The van der Waals surface area contributed by atoms with Crippen LogP contribution in [0.2, 0.25) is 0 Å². The van der Waals surface area contributed by atoms with Gasteiger partial charge in [-0.2, -0.15) is 0 Å². The lowest BCUT2D eigenvalue weighted by Gasteiger charge is -2.26. The quantitative estimate of drug-likeness (QED) is 0.558. The second-order valence-corrected chi connectivity index (χ2v) is 6.92. The van der Waals surface area contributed by atoms with Crippen LogP contribution in [0.4, 0.5) is 0 Å². The summed E-state index contributed by atoms with van der Waals surface area (Å²) in [5.74, 6) is 0. The Labute approximate surface area is 113 Å². The van der Waals surface area contributed by atoms with Gasteiger partial charge in [0.2, 0.25) is 0 Å². The van der Waals surface area contributed by atoms with Crippen LogP contribution in [0.5, 0.6) is 0 Å². The highest BCUT2D eigenvalue weighted by Crippen LogP contribution is 2.67. The molecule has 0 spiro atoms. The molecule has 1 heteroatoms. The summed E-state index contributed by atoms with van der Waals surface area (Å²) < 4.78 is 0. The molecule has 2 aliphatic rings. The molecule has 0 aromatic carbocycles. The van der Waals surface area contributed by atoms with E-state index in [0.29, 0.717) is 5.41 Å². The van der Waals surface area contributed by atoms with Crippen molar-refractivity contribution in [3.8, 4) is 0 Å². The summed E-state index contributed by atoms with van der Waals surface area (Å²) in [5, 5.41) is 10.4. The number of hydrogen-bond acceptors (Lipinski definition) is 1. The van der Waals surface area contributed by atoms with E-state index < -0.39 is 0 Å². The Morgan fingerprint density at radius 2 is 1.44 bits per heavy atom. The SMILES string of the molecule is CCCCCCCCCC[C@@]12CCCC[C@]1(O)C2. The highest BCUT2D eigenvalue weighted by Gasteiger charge is 2.65. The van der Waals surface area contributed by atoms with Crippen LogP contribution in [0.1, 0.15) is 96.8 Å². The molecule has 0 aromatic heterocycles. The van der Waals surface area contributed by atoms with Gasteiger partial charge < -0.3 is 5.11 Å². The fourth-order valence-electron chi connectivity index (χ4n) is 4.11. The van der Waals surface area contributed by atoms with Crippen molar-refractivity contribution in [2.75, 3.05) is 0 Å². The summed E-state index contributed by atoms with van der Waals surface area (Å²) in [5.41, 5.74) is 0.167. The van der Waals surface area contributed by atoms with E-state index in [1.54, 1.807) is 0 Å². The minimum atomic E-state index is -0.216. The average molecular weight is 252 g/mol. The molecule has 2 rings (SSSR count). The normalized spacial score (nSPS) is 34.3. The van der Waals surface area contributed by atoms with Crippen molar-refractivity contribution in [1.82, 2.24) is 0 Å². The minimum absolute atomic E-state index is 0.216. The summed E-state index contributed by atoms with van der Waals surface area (Å²) in [6.45, 7) is 2.28. The Kier molecular flexibility index (Phi) is 5.12. The third kappa shape index (κ3) is 3.29. The first kappa shape index (κ1) is 14.4. The largest absolute Gasteiger partial charge is 0.389 e. The zero-order valence-electron chi connectivity index (χ0n) is 12.3. The van der Waals surface area contributed by atoms with E-state index in [4.69, 9.17) is 0 Å².